The number of hydrogen-bond acceptors (Lipinski definition) is 4. The van der Waals surface area contributed by atoms with E-state index in [1.54, 1.807) is 12.1 Å². The van der Waals surface area contributed by atoms with Gasteiger partial charge in [-0.25, -0.2) is 0 Å². The smallest absolute Gasteiger partial charge is 0.257 e. The number of aryl methyl sites for hydroxylation is 2. The van der Waals surface area contributed by atoms with Crippen molar-refractivity contribution in [3.05, 3.63) is 64.7 Å². The maximum absolute atomic E-state index is 12.0. The number of nitrogens with one attached hydrogen (secondary N) is 2. The second kappa shape index (κ2) is 10.3. The zero-order valence-electron chi connectivity index (χ0n) is 15.9. The number of nitrogens with two attached hydrogens (primary N) is 1. The normalized spacial score (nSPS) is 10.3. The highest BCUT2D eigenvalue weighted by Gasteiger charge is 2.07. The van der Waals surface area contributed by atoms with Crippen LogP contribution >= 0.6 is 0 Å². The molecule has 0 spiro atoms. The third kappa shape index (κ3) is 6.42. The number of benzene rings is 2. The molecule has 2 amide bonds. The van der Waals surface area contributed by atoms with Crippen LogP contribution in [0.1, 0.15) is 33.5 Å². The molecule has 0 aromatic heterocycles. The zero-order valence-corrected chi connectivity index (χ0v) is 15.9. The largest absolute Gasteiger partial charge is 0.483 e. The van der Waals surface area contributed by atoms with E-state index in [1.807, 2.05) is 44.2 Å². The van der Waals surface area contributed by atoms with Crippen molar-refractivity contribution in [2.45, 2.75) is 26.8 Å². The molecule has 2 aromatic rings. The quantitative estimate of drug-likeness (QED) is 0.590. The van der Waals surface area contributed by atoms with E-state index in [0.29, 0.717) is 31.6 Å². The number of carbonyl (C=O) groups is 2. The minimum Gasteiger partial charge on any atom is -0.483 e. The molecular weight excluding hydrogens is 342 g/mol. The van der Waals surface area contributed by atoms with E-state index >= 15 is 0 Å². The van der Waals surface area contributed by atoms with E-state index in [1.165, 1.54) is 0 Å². The molecule has 0 saturated heterocycles. The first kappa shape index (κ1) is 20.5. The third-order valence-corrected chi connectivity index (χ3v) is 4.17. The summed E-state index contributed by atoms with van der Waals surface area (Å²) in [5.74, 6) is 0.435. The van der Waals surface area contributed by atoms with Gasteiger partial charge in [-0.05, 0) is 49.1 Å². The Morgan fingerprint density at radius 3 is 2.22 bits per heavy atom. The SMILES string of the molecule is Cc1cccc(C)c1OCC(=O)NCCCNC(=O)c1ccc(CN)cc1. The van der Waals surface area contributed by atoms with Gasteiger partial charge in [0.2, 0.25) is 0 Å². The van der Waals surface area contributed by atoms with Crippen LogP contribution in [0.2, 0.25) is 0 Å². The second-order valence-corrected chi connectivity index (χ2v) is 6.37. The summed E-state index contributed by atoms with van der Waals surface area (Å²) in [6.07, 6.45) is 0.641. The predicted molar refractivity (Wildman–Crippen MR) is 106 cm³/mol. The Labute approximate surface area is 160 Å². The van der Waals surface area contributed by atoms with E-state index in [-0.39, 0.29) is 18.4 Å². The van der Waals surface area contributed by atoms with Gasteiger partial charge in [-0.1, -0.05) is 30.3 Å². The minimum atomic E-state index is -0.179. The Morgan fingerprint density at radius 2 is 1.59 bits per heavy atom. The predicted octanol–water partition coefficient (Wildman–Crippen LogP) is 2.08. The Morgan fingerprint density at radius 1 is 0.963 bits per heavy atom. The summed E-state index contributed by atoms with van der Waals surface area (Å²) in [7, 11) is 0. The zero-order chi connectivity index (χ0) is 19.6. The van der Waals surface area contributed by atoms with Crippen LogP contribution in [0.4, 0.5) is 0 Å². The van der Waals surface area contributed by atoms with Gasteiger partial charge in [0, 0.05) is 25.2 Å². The topological polar surface area (TPSA) is 93.5 Å². The van der Waals surface area contributed by atoms with Crippen LogP contribution in [-0.4, -0.2) is 31.5 Å². The molecule has 6 heteroatoms. The first-order valence-electron chi connectivity index (χ1n) is 9.04. The van der Waals surface area contributed by atoms with Crippen LogP contribution in [0.5, 0.6) is 5.75 Å². The van der Waals surface area contributed by atoms with Crippen molar-refractivity contribution in [3.63, 3.8) is 0 Å². The van der Waals surface area contributed by atoms with Crippen molar-refractivity contribution in [3.8, 4) is 5.75 Å². The van der Waals surface area contributed by atoms with Gasteiger partial charge in [-0.2, -0.15) is 0 Å². The van der Waals surface area contributed by atoms with Crippen molar-refractivity contribution >= 4 is 11.8 Å². The van der Waals surface area contributed by atoms with Crippen LogP contribution in [0.15, 0.2) is 42.5 Å². The van der Waals surface area contributed by atoms with Gasteiger partial charge in [0.1, 0.15) is 5.75 Å². The molecular formula is C21H27N3O3. The molecule has 0 heterocycles. The Balaban J connectivity index is 1.63. The Bertz CT molecular complexity index is 752. The van der Waals surface area contributed by atoms with Crippen LogP contribution < -0.4 is 21.1 Å². The second-order valence-electron chi connectivity index (χ2n) is 6.37. The molecule has 4 N–H and O–H groups in total. The molecule has 0 aliphatic heterocycles. The van der Waals surface area contributed by atoms with Gasteiger partial charge in [0.15, 0.2) is 6.61 Å². The molecule has 6 nitrogen and oxygen atoms in total. The maximum atomic E-state index is 12.0. The number of hydrogen-bond donors (Lipinski definition) is 3. The molecule has 0 bridgehead atoms. The number of rotatable bonds is 9. The molecule has 27 heavy (non-hydrogen) atoms. The van der Waals surface area contributed by atoms with Crippen LogP contribution in [0.25, 0.3) is 0 Å². The lowest BCUT2D eigenvalue weighted by Gasteiger charge is -2.12. The first-order valence-corrected chi connectivity index (χ1v) is 9.04. The van der Waals surface area contributed by atoms with E-state index in [2.05, 4.69) is 10.6 Å². The molecule has 0 radical (unpaired) electrons. The van der Waals surface area contributed by atoms with Gasteiger partial charge < -0.3 is 21.1 Å². The van der Waals surface area contributed by atoms with Crippen molar-refractivity contribution in [2.75, 3.05) is 19.7 Å². The van der Waals surface area contributed by atoms with Crippen LogP contribution in [0.3, 0.4) is 0 Å². The highest BCUT2D eigenvalue weighted by Crippen LogP contribution is 2.21. The van der Waals surface area contributed by atoms with Crippen molar-refractivity contribution in [1.29, 1.82) is 0 Å². The monoisotopic (exact) mass is 369 g/mol. The third-order valence-electron chi connectivity index (χ3n) is 4.17. The minimum absolute atomic E-state index is 0.0223. The standard InChI is InChI=1S/C21H27N3O3/c1-15-5-3-6-16(2)20(15)27-14-19(25)23-11-4-12-24-21(26)18-9-7-17(13-22)8-10-18/h3,5-10H,4,11-14,22H2,1-2H3,(H,23,25)(H,24,26). The summed E-state index contributed by atoms with van der Waals surface area (Å²) >= 11 is 0. The fraction of sp³-hybridized carbons (Fsp3) is 0.333. The lowest BCUT2D eigenvalue weighted by atomic mass is 10.1. The summed E-state index contributed by atoms with van der Waals surface area (Å²) in [5, 5.41) is 5.62. The summed E-state index contributed by atoms with van der Waals surface area (Å²) < 4.78 is 5.61. The van der Waals surface area contributed by atoms with Gasteiger partial charge in [-0.15, -0.1) is 0 Å². The molecule has 0 saturated carbocycles. The van der Waals surface area contributed by atoms with Gasteiger partial charge in [0.25, 0.3) is 11.8 Å². The molecule has 0 aliphatic rings. The van der Waals surface area contributed by atoms with Gasteiger partial charge in [0.05, 0.1) is 0 Å². The number of ether oxygens (including phenoxy) is 1. The number of para-hydroxylation sites is 1. The maximum Gasteiger partial charge on any atom is 0.257 e. The average Bonchev–Trinajstić information content (AvgIpc) is 2.67. The fourth-order valence-electron chi connectivity index (χ4n) is 2.63. The van der Waals surface area contributed by atoms with E-state index < -0.39 is 0 Å². The molecule has 0 atom stereocenters. The Kier molecular flexibility index (Phi) is 7.82. The number of carbonyl (C=O) groups excluding carboxylic acids is 2. The molecule has 0 aliphatic carbocycles. The van der Waals surface area contributed by atoms with Gasteiger partial charge in [-0.3, -0.25) is 9.59 Å². The summed E-state index contributed by atoms with van der Waals surface area (Å²) in [4.78, 5) is 23.9. The highest BCUT2D eigenvalue weighted by molar-refractivity contribution is 5.94. The lowest BCUT2D eigenvalue weighted by molar-refractivity contribution is -0.123. The van der Waals surface area contributed by atoms with Crippen LogP contribution in [0, 0.1) is 13.8 Å². The van der Waals surface area contributed by atoms with Crippen molar-refractivity contribution in [1.82, 2.24) is 10.6 Å². The summed E-state index contributed by atoms with van der Waals surface area (Å²) in [5.41, 5.74) is 9.13. The van der Waals surface area contributed by atoms with Crippen molar-refractivity contribution < 1.29 is 14.3 Å². The van der Waals surface area contributed by atoms with E-state index in [0.717, 1.165) is 22.4 Å². The van der Waals surface area contributed by atoms with Crippen LogP contribution in [-0.2, 0) is 11.3 Å². The molecule has 2 aromatic carbocycles. The van der Waals surface area contributed by atoms with E-state index in [9.17, 15) is 9.59 Å². The van der Waals surface area contributed by atoms with Crippen molar-refractivity contribution in [2.24, 2.45) is 5.73 Å². The summed E-state index contributed by atoms with van der Waals surface area (Å²) in [6, 6.07) is 13.0. The molecule has 0 fully saturated rings. The molecule has 0 unspecified atom stereocenters. The average molecular weight is 369 g/mol. The summed E-state index contributed by atoms with van der Waals surface area (Å²) in [6.45, 7) is 5.29. The molecule has 144 valence electrons. The van der Waals surface area contributed by atoms with E-state index in [4.69, 9.17) is 10.5 Å². The first-order chi connectivity index (χ1) is 13.0. The fourth-order valence-corrected chi connectivity index (χ4v) is 2.63. The number of amides is 2. The lowest BCUT2D eigenvalue weighted by Crippen LogP contribution is -2.32. The molecule has 2 rings (SSSR count). The Hall–Kier alpha value is -2.86. The highest BCUT2D eigenvalue weighted by atomic mass is 16.5. The van der Waals surface area contributed by atoms with Gasteiger partial charge >= 0.3 is 0 Å².